The van der Waals surface area contributed by atoms with Crippen LogP contribution in [0.3, 0.4) is 0 Å². The van der Waals surface area contributed by atoms with Crippen LogP contribution in [0.1, 0.15) is 16.7 Å². The number of rotatable bonds is 4. The van der Waals surface area contributed by atoms with Crippen LogP contribution < -0.4 is 15.6 Å². The van der Waals surface area contributed by atoms with Gasteiger partial charge < -0.3 is 10.1 Å². The Hall–Kier alpha value is -3.77. The molecule has 0 aliphatic carbocycles. The van der Waals surface area contributed by atoms with Crippen molar-refractivity contribution in [1.29, 1.82) is 0 Å². The largest absolute Gasteiger partial charge is 0.439 e. The van der Waals surface area contributed by atoms with Crippen LogP contribution in [0, 0.1) is 6.92 Å². The molecule has 4 aromatic rings. The van der Waals surface area contributed by atoms with E-state index < -0.39 is 0 Å². The number of aromatic nitrogens is 2. The van der Waals surface area contributed by atoms with E-state index in [2.05, 4.69) is 5.32 Å². The fraction of sp³-hybridized carbons (Fsp3) is 0.120. The Kier molecular flexibility index (Phi) is 5.07. The first-order valence-electron chi connectivity index (χ1n) is 10.2. The third-order valence-electron chi connectivity index (χ3n) is 5.48. The summed E-state index contributed by atoms with van der Waals surface area (Å²) in [6, 6.07) is 22.2. The van der Waals surface area contributed by atoms with Crippen molar-refractivity contribution in [3.8, 4) is 17.3 Å². The lowest BCUT2D eigenvalue weighted by atomic mass is 10.0. The van der Waals surface area contributed by atoms with Crippen LogP contribution in [0.5, 0.6) is 11.6 Å². The number of nitrogens with zero attached hydrogens (tertiary/aromatic N) is 2. The molecule has 32 heavy (non-hydrogen) atoms. The third-order valence-corrected chi connectivity index (χ3v) is 5.89. The number of carbonyl (C=O) groups is 1. The molecular weight excluding hydrogens is 426 g/mol. The number of fused-ring (bicyclic) bond motifs is 2. The normalized spacial score (nSPS) is 11.9. The Labute approximate surface area is 189 Å². The lowest BCUT2D eigenvalue weighted by Crippen LogP contribution is -2.27. The molecule has 0 radical (unpaired) electrons. The number of hydrogen-bond acceptors (Lipinski definition) is 3. The van der Waals surface area contributed by atoms with Crippen LogP contribution in [-0.2, 0) is 17.8 Å². The molecule has 2 heterocycles. The van der Waals surface area contributed by atoms with E-state index in [0.717, 1.165) is 11.1 Å². The molecule has 0 atom stereocenters. The maximum absolute atomic E-state index is 13.4. The molecule has 0 unspecified atom stereocenters. The number of carbonyl (C=O) groups excluding carboxylic acids is 1. The number of halogens is 1. The van der Waals surface area contributed by atoms with Crippen LogP contribution in [0.2, 0.25) is 5.02 Å². The van der Waals surface area contributed by atoms with Crippen LogP contribution in [0.4, 0.5) is 5.69 Å². The molecule has 1 aliphatic rings. The SMILES string of the molecule is Cc1ccc(NC(=O)Cn2c3c(c(=O)n2-c2ccccc2)Cc2ccccc2O3)cc1Cl. The van der Waals surface area contributed by atoms with Gasteiger partial charge in [-0.15, -0.1) is 0 Å². The fourth-order valence-electron chi connectivity index (χ4n) is 3.86. The second kappa shape index (κ2) is 8.05. The zero-order valence-corrected chi connectivity index (χ0v) is 18.1. The van der Waals surface area contributed by atoms with Gasteiger partial charge in [0.25, 0.3) is 5.56 Å². The zero-order valence-electron chi connectivity index (χ0n) is 17.3. The second-order valence-corrected chi connectivity index (χ2v) is 8.10. The van der Waals surface area contributed by atoms with Gasteiger partial charge in [0.2, 0.25) is 11.8 Å². The van der Waals surface area contributed by atoms with E-state index in [1.807, 2.05) is 67.6 Å². The highest BCUT2D eigenvalue weighted by Crippen LogP contribution is 2.35. The maximum Gasteiger partial charge on any atom is 0.278 e. The summed E-state index contributed by atoms with van der Waals surface area (Å²) < 4.78 is 9.21. The molecule has 1 amide bonds. The van der Waals surface area contributed by atoms with E-state index >= 15 is 0 Å². The van der Waals surface area contributed by atoms with E-state index in [1.165, 1.54) is 4.68 Å². The monoisotopic (exact) mass is 445 g/mol. The molecule has 1 aromatic heterocycles. The van der Waals surface area contributed by atoms with Crippen molar-refractivity contribution in [3.05, 3.63) is 105 Å². The van der Waals surface area contributed by atoms with Gasteiger partial charge >= 0.3 is 0 Å². The van der Waals surface area contributed by atoms with E-state index in [9.17, 15) is 9.59 Å². The summed E-state index contributed by atoms with van der Waals surface area (Å²) in [5.41, 5.74) is 3.44. The fourth-order valence-corrected chi connectivity index (χ4v) is 4.04. The van der Waals surface area contributed by atoms with Gasteiger partial charge in [0.05, 0.1) is 11.3 Å². The molecule has 1 aliphatic heterocycles. The van der Waals surface area contributed by atoms with Gasteiger partial charge in [-0.2, -0.15) is 0 Å². The smallest absolute Gasteiger partial charge is 0.278 e. The number of amides is 1. The Bertz CT molecular complexity index is 1390. The molecule has 0 saturated heterocycles. The first-order valence-corrected chi connectivity index (χ1v) is 10.6. The average Bonchev–Trinajstić information content (AvgIpc) is 3.06. The van der Waals surface area contributed by atoms with Crippen LogP contribution in [0.15, 0.2) is 77.6 Å². The molecule has 1 N–H and O–H groups in total. The van der Waals surface area contributed by atoms with Gasteiger partial charge in [-0.25, -0.2) is 9.36 Å². The van der Waals surface area contributed by atoms with Crippen molar-refractivity contribution in [3.63, 3.8) is 0 Å². The molecule has 0 spiro atoms. The molecular formula is C25H20ClN3O3. The van der Waals surface area contributed by atoms with Crippen molar-refractivity contribution in [2.24, 2.45) is 0 Å². The molecule has 0 fully saturated rings. The van der Waals surface area contributed by atoms with Gasteiger partial charge in [-0.1, -0.05) is 54.1 Å². The minimum atomic E-state index is -0.296. The summed E-state index contributed by atoms with van der Waals surface area (Å²) in [4.78, 5) is 26.3. The maximum atomic E-state index is 13.4. The van der Waals surface area contributed by atoms with Gasteiger partial charge in [0, 0.05) is 17.1 Å². The number of anilines is 1. The van der Waals surface area contributed by atoms with Gasteiger partial charge in [0.15, 0.2) is 0 Å². The summed E-state index contributed by atoms with van der Waals surface area (Å²) in [5, 5.41) is 3.43. The minimum Gasteiger partial charge on any atom is -0.439 e. The summed E-state index contributed by atoms with van der Waals surface area (Å²) >= 11 is 6.19. The molecule has 7 heteroatoms. The highest BCUT2D eigenvalue weighted by Gasteiger charge is 2.29. The van der Waals surface area contributed by atoms with E-state index in [-0.39, 0.29) is 18.0 Å². The third kappa shape index (κ3) is 3.59. The number of ether oxygens (including phenoxy) is 1. The Morgan fingerprint density at radius 2 is 1.81 bits per heavy atom. The minimum absolute atomic E-state index is 0.104. The van der Waals surface area contributed by atoms with Crippen molar-refractivity contribution < 1.29 is 9.53 Å². The number of hydrogen-bond donors (Lipinski definition) is 1. The lowest BCUT2D eigenvalue weighted by Gasteiger charge is -2.19. The first kappa shape index (κ1) is 20.2. The molecule has 6 nitrogen and oxygen atoms in total. The number of aryl methyl sites for hydroxylation is 1. The van der Waals surface area contributed by atoms with E-state index in [1.54, 1.807) is 16.8 Å². The summed E-state index contributed by atoms with van der Waals surface area (Å²) in [6.45, 7) is 1.79. The van der Waals surface area contributed by atoms with Crippen LogP contribution in [0.25, 0.3) is 5.69 Å². The predicted octanol–water partition coefficient (Wildman–Crippen LogP) is 4.94. The summed E-state index contributed by atoms with van der Waals surface area (Å²) in [5.74, 6) is 0.772. The topological polar surface area (TPSA) is 65.3 Å². The van der Waals surface area contributed by atoms with Crippen molar-refractivity contribution in [2.75, 3.05) is 5.32 Å². The van der Waals surface area contributed by atoms with Crippen molar-refractivity contribution in [1.82, 2.24) is 9.36 Å². The van der Waals surface area contributed by atoms with Crippen LogP contribution in [-0.4, -0.2) is 15.3 Å². The van der Waals surface area contributed by atoms with Crippen molar-refractivity contribution >= 4 is 23.2 Å². The Morgan fingerprint density at radius 1 is 1.06 bits per heavy atom. The summed E-state index contributed by atoms with van der Waals surface area (Å²) in [7, 11) is 0. The summed E-state index contributed by atoms with van der Waals surface area (Å²) in [6.07, 6.45) is 0.444. The predicted molar refractivity (Wildman–Crippen MR) is 124 cm³/mol. The highest BCUT2D eigenvalue weighted by atomic mass is 35.5. The number of nitrogens with one attached hydrogen (secondary N) is 1. The van der Waals surface area contributed by atoms with Crippen LogP contribution >= 0.6 is 11.6 Å². The molecule has 3 aromatic carbocycles. The van der Waals surface area contributed by atoms with E-state index in [4.69, 9.17) is 16.3 Å². The number of benzene rings is 3. The van der Waals surface area contributed by atoms with Gasteiger partial charge in [-0.3, -0.25) is 9.59 Å². The molecule has 160 valence electrons. The zero-order chi connectivity index (χ0) is 22.2. The standard InChI is InChI=1S/C25H20ClN3O3/c1-16-11-12-18(14-21(16)26)27-23(30)15-28-25-20(13-17-7-5-6-10-22(17)32-25)24(31)29(28)19-8-3-2-4-9-19/h2-12,14H,13,15H2,1H3,(H,27,30). The quantitative estimate of drug-likeness (QED) is 0.426. The Morgan fingerprint density at radius 3 is 2.59 bits per heavy atom. The molecule has 0 bridgehead atoms. The average molecular weight is 446 g/mol. The lowest BCUT2D eigenvalue weighted by molar-refractivity contribution is -0.117. The number of para-hydroxylation sites is 2. The van der Waals surface area contributed by atoms with E-state index in [0.29, 0.717) is 40.0 Å². The van der Waals surface area contributed by atoms with Gasteiger partial charge in [-0.05, 0) is 48.4 Å². The second-order valence-electron chi connectivity index (χ2n) is 7.69. The molecule has 0 saturated carbocycles. The van der Waals surface area contributed by atoms with Crippen molar-refractivity contribution in [2.45, 2.75) is 19.9 Å². The Balaban J connectivity index is 1.55. The van der Waals surface area contributed by atoms with Gasteiger partial charge in [0.1, 0.15) is 12.3 Å². The molecule has 5 rings (SSSR count). The highest BCUT2D eigenvalue weighted by molar-refractivity contribution is 6.31. The first-order chi connectivity index (χ1) is 15.5.